The molecule has 2 aromatic rings. The summed E-state index contributed by atoms with van der Waals surface area (Å²) >= 11 is 11.8. The van der Waals surface area contributed by atoms with Crippen molar-refractivity contribution in [1.82, 2.24) is 4.90 Å². The Bertz CT molecular complexity index is 770. The fourth-order valence-electron chi connectivity index (χ4n) is 2.15. The number of hydrogen-bond donors (Lipinski definition) is 0. The lowest BCUT2D eigenvalue weighted by molar-refractivity contribution is -0.133. The van der Waals surface area contributed by atoms with Gasteiger partial charge in [-0.2, -0.15) is 0 Å². The largest absolute Gasteiger partial charge is 0.466 e. The lowest BCUT2D eigenvalue weighted by Gasteiger charge is -2.17. The van der Waals surface area contributed by atoms with Crippen LogP contribution in [0.15, 0.2) is 28.7 Å². The van der Waals surface area contributed by atoms with E-state index in [2.05, 4.69) is 0 Å². The van der Waals surface area contributed by atoms with Gasteiger partial charge in [0.1, 0.15) is 17.1 Å². The number of esters is 1. The van der Waals surface area contributed by atoms with Gasteiger partial charge < -0.3 is 14.1 Å². The van der Waals surface area contributed by atoms with Gasteiger partial charge in [0, 0.05) is 13.6 Å². The average Bonchev–Trinajstić information content (AvgIpc) is 2.86. The summed E-state index contributed by atoms with van der Waals surface area (Å²) in [6, 6.07) is 6.72. The molecule has 0 bridgehead atoms. The van der Waals surface area contributed by atoms with E-state index in [1.807, 2.05) is 0 Å². The number of amides is 1. The Morgan fingerprint density at radius 1 is 1.17 bits per heavy atom. The number of carbonyl (C=O) groups is 2. The third-order valence-corrected chi connectivity index (χ3v) is 4.16. The Balaban J connectivity index is 1.90. The highest BCUT2D eigenvalue weighted by Crippen LogP contribution is 2.23. The zero-order valence-electron chi connectivity index (χ0n) is 13.6. The first kappa shape index (κ1) is 18.4. The van der Waals surface area contributed by atoms with Crippen molar-refractivity contribution in [3.63, 3.8) is 0 Å². The zero-order chi connectivity index (χ0) is 17.9. The van der Waals surface area contributed by atoms with Crippen molar-refractivity contribution in [3.05, 3.63) is 57.0 Å². The van der Waals surface area contributed by atoms with Gasteiger partial charge in [0.25, 0.3) is 5.91 Å². The maximum absolute atomic E-state index is 12.1. The molecule has 1 heterocycles. The maximum Gasteiger partial charge on any atom is 0.342 e. The SMILES string of the molecule is Cc1cc(C(=O)OCC(=O)N(C)Cc2ccc(Cl)c(Cl)c2)c(C)o1. The number of hydrogen-bond acceptors (Lipinski definition) is 4. The van der Waals surface area contributed by atoms with Gasteiger partial charge in [-0.15, -0.1) is 0 Å². The number of rotatable bonds is 5. The van der Waals surface area contributed by atoms with E-state index in [-0.39, 0.29) is 12.5 Å². The summed E-state index contributed by atoms with van der Waals surface area (Å²) in [6.45, 7) is 3.39. The first-order valence-corrected chi connectivity index (χ1v) is 7.95. The molecule has 128 valence electrons. The van der Waals surface area contributed by atoms with Crippen LogP contribution in [0.3, 0.4) is 0 Å². The van der Waals surface area contributed by atoms with E-state index in [9.17, 15) is 9.59 Å². The summed E-state index contributed by atoms with van der Waals surface area (Å²) in [4.78, 5) is 25.5. The average molecular weight is 370 g/mol. The van der Waals surface area contributed by atoms with Crippen molar-refractivity contribution in [2.75, 3.05) is 13.7 Å². The first-order chi connectivity index (χ1) is 11.3. The minimum atomic E-state index is -0.583. The van der Waals surface area contributed by atoms with Crippen LogP contribution in [0.2, 0.25) is 10.0 Å². The van der Waals surface area contributed by atoms with E-state index in [1.54, 1.807) is 45.2 Å². The summed E-state index contributed by atoms with van der Waals surface area (Å²) in [5.41, 5.74) is 1.15. The van der Waals surface area contributed by atoms with Gasteiger partial charge in [0.2, 0.25) is 0 Å². The summed E-state index contributed by atoms with van der Waals surface area (Å²) in [5, 5.41) is 0.876. The van der Waals surface area contributed by atoms with Crippen LogP contribution in [0.5, 0.6) is 0 Å². The lowest BCUT2D eigenvalue weighted by atomic mass is 10.2. The number of carbonyl (C=O) groups excluding carboxylic acids is 2. The number of ether oxygens (including phenoxy) is 1. The van der Waals surface area contributed by atoms with Crippen molar-refractivity contribution < 1.29 is 18.7 Å². The van der Waals surface area contributed by atoms with E-state index in [0.717, 1.165) is 5.56 Å². The Kier molecular flexibility index (Phi) is 5.91. The molecule has 0 fully saturated rings. The lowest BCUT2D eigenvalue weighted by Crippen LogP contribution is -2.30. The second kappa shape index (κ2) is 7.73. The maximum atomic E-state index is 12.1. The number of nitrogens with zero attached hydrogens (tertiary/aromatic N) is 1. The molecule has 0 N–H and O–H groups in total. The predicted octanol–water partition coefficient (Wildman–Crippen LogP) is 4.02. The standard InChI is InChI=1S/C17H17Cl2NO4/c1-10-6-13(11(2)24-10)17(22)23-9-16(21)20(3)8-12-4-5-14(18)15(19)7-12/h4-7H,8-9H2,1-3H3. The number of furan rings is 1. The van der Waals surface area contributed by atoms with Crippen LogP contribution in [-0.4, -0.2) is 30.4 Å². The molecule has 0 atom stereocenters. The van der Waals surface area contributed by atoms with Gasteiger partial charge in [0.05, 0.1) is 10.0 Å². The second-order valence-corrected chi connectivity index (χ2v) is 6.22. The molecule has 7 heteroatoms. The van der Waals surface area contributed by atoms with E-state index < -0.39 is 5.97 Å². The van der Waals surface area contributed by atoms with E-state index in [0.29, 0.717) is 33.7 Å². The normalized spacial score (nSPS) is 10.5. The molecular formula is C17H17Cl2NO4. The van der Waals surface area contributed by atoms with Gasteiger partial charge in [0.15, 0.2) is 6.61 Å². The molecule has 0 saturated carbocycles. The number of aryl methyl sites for hydroxylation is 2. The molecule has 0 spiro atoms. The molecule has 2 rings (SSSR count). The summed E-state index contributed by atoms with van der Waals surface area (Å²) < 4.78 is 10.3. The highest BCUT2D eigenvalue weighted by atomic mass is 35.5. The predicted molar refractivity (Wildman–Crippen MR) is 91.4 cm³/mol. The van der Waals surface area contributed by atoms with Gasteiger partial charge >= 0.3 is 5.97 Å². The van der Waals surface area contributed by atoms with Crippen molar-refractivity contribution in [2.24, 2.45) is 0 Å². The van der Waals surface area contributed by atoms with E-state index in [1.165, 1.54) is 4.90 Å². The Morgan fingerprint density at radius 2 is 1.88 bits per heavy atom. The highest BCUT2D eigenvalue weighted by Gasteiger charge is 2.18. The molecule has 0 aliphatic rings. The topological polar surface area (TPSA) is 59.8 Å². The fraction of sp³-hybridized carbons (Fsp3) is 0.294. The third-order valence-electron chi connectivity index (χ3n) is 3.42. The molecule has 1 aromatic carbocycles. The second-order valence-electron chi connectivity index (χ2n) is 5.40. The minimum Gasteiger partial charge on any atom is -0.466 e. The zero-order valence-corrected chi connectivity index (χ0v) is 15.1. The molecule has 0 saturated heterocycles. The van der Waals surface area contributed by atoms with Gasteiger partial charge in [-0.25, -0.2) is 4.79 Å². The number of benzene rings is 1. The minimum absolute atomic E-state index is 0.326. The molecule has 0 aliphatic heterocycles. The van der Waals surface area contributed by atoms with Crippen LogP contribution in [-0.2, 0) is 16.1 Å². The van der Waals surface area contributed by atoms with Crippen molar-refractivity contribution in [3.8, 4) is 0 Å². The van der Waals surface area contributed by atoms with Gasteiger partial charge in [-0.05, 0) is 37.6 Å². The van der Waals surface area contributed by atoms with Gasteiger partial charge in [-0.3, -0.25) is 4.79 Å². The smallest absolute Gasteiger partial charge is 0.342 e. The summed E-state index contributed by atoms with van der Waals surface area (Å²) in [7, 11) is 1.62. The number of halogens is 2. The molecule has 0 unspecified atom stereocenters. The molecule has 0 radical (unpaired) electrons. The molecular weight excluding hydrogens is 353 g/mol. The first-order valence-electron chi connectivity index (χ1n) is 7.20. The monoisotopic (exact) mass is 369 g/mol. The molecule has 1 amide bonds. The van der Waals surface area contributed by atoms with Crippen molar-refractivity contribution in [1.29, 1.82) is 0 Å². The Hall–Kier alpha value is -1.98. The van der Waals surface area contributed by atoms with Crippen LogP contribution in [0.25, 0.3) is 0 Å². The third kappa shape index (κ3) is 4.52. The molecule has 0 aliphatic carbocycles. The van der Waals surface area contributed by atoms with Crippen LogP contribution >= 0.6 is 23.2 Å². The Morgan fingerprint density at radius 3 is 2.46 bits per heavy atom. The molecule has 5 nitrogen and oxygen atoms in total. The van der Waals surface area contributed by atoms with Crippen LogP contribution < -0.4 is 0 Å². The van der Waals surface area contributed by atoms with E-state index >= 15 is 0 Å². The van der Waals surface area contributed by atoms with Gasteiger partial charge in [-0.1, -0.05) is 29.3 Å². The van der Waals surface area contributed by atoms with Crippen molar-refractivity contribution >= 4 is 35.1 Å². The summed E-state index contributed by atoms with van der Waals surface area (Å²) in [6.07, 6.45) is 0. The quantitative estimate of drug-likeness (QED) is 0.746. The van der Waals surface area contributed by atoms with Crippen molar-refractivity contribution in [2.45, 2.75) is 20.4 Å². The molecule has 24 heavy (non-hydrogen) atoms. The fourth-order valence-corrected chi connectivity index (χ4v) is 2.47. The van der Waals surface area contributed by atoms with E-state index in [4.69, 9.17) is 32.4 Å². The summed E-state index contributed by atoms with van der Waals surface area (Å²) in [5.74, 6) is 0.171. The van der Waals surface area contributed by atoms with Crippen LogP contribution in [0.4, 0.5) is 0 Å². The van der Waals surface area contributed by atoms with Crippen LogP contribution in [0, 0.1) is 13.8 Å². The van der Waals surface area contributed by atoms with Crippen LogP contribution in [0.1, 0.15) is 27.4 Å². The highest BCUT2D eigenvalue weighted by molar-refractivity contribution is 6.42. The molecule has 1 aromatic heterocycles. The Labute approximate surface area is 150 Å². The number of likely N-dealkylation sites (N-methyl/N-ethyl adjacent to an activating group) is 1.